The predicted molar refractivity (Wildman–Crippen MR) is 102 cm³/mol. The molecule has 0 bridgehead atoms. The number of benzene rings is 1. The molecule has 28 heavy (non-hydrogen) atoms. The number of likely N-dealkylation sites (tertiary alicyclic amines) is 1. The molecule has 3 aromatic rings. The fourth-order valence-corrected chi connectivity index (χ4v) is 3.62. The third-order valence-corrected chi connectivity index (χ3v) is 5.18. The van der Waals surface area contributed by atoms with E-state index in [4.69, 9.17) is 0 Å². The van der Waals surface area contributed by atoms with Gasteiger partial charge in [-0.25, -0.2) is 8.78 Å². The average molecular weight is 384 g/mol. The minimum atomic E-state index is -2.70. The van der Waals surface area contributed by atoms with Crippen molar-refractivity contribution in [2.75, 3.05) is 13.1 Å². The predicted octanol–water partition coefficient (Wildman–Crippen LogP) is 4.21. The quantitative estimate of drug-likeness (QED) is 0.692. The van der Waals surface area contributed by atoms with Gasteiger partial charge in [-0.05, 0) is 24.1 Å². The summed E-state index contributed by atoms with van der Waals surface area (Å²) in [6.07, 6.45) is 1.32. The molecule has 4 rings (SSSR count). The van der Waals surface area contributed by atoms with Crippen molar-refractivity contribution in [3.8, 4) is 16.9 Å². The van der Waals surface area contributed by atoms with Crippen LogP contribution in [0.1, 0.15) is 36.3 Å². The minimum Gasteiger partial charge on any atom is -0.507 e. The van der Waals surface area contributed by atoms with E-state index in [0.717, 1.165) is 30.9 Å². The minimum absolute atomic E-state index is 0.0338. The van der Waals surface area contributed by atoms with Gasteiger partial charge in [-0.1, -0.05) is 31.2 Å². The van der Waals surface area contributed by atoms with E-state index in [0.29, 0.717) is 17.5 Å². The highest BCUT2D eigenvalue weighted by molar-refractivity contribution is 5.73. The molecule has 2 aromatic heterocycles. The number of aryl methyl sites for hydroxylation is 1. The van der Waals surface area contributed by atoms with Gasteiger partial charge in [0.15, 0.2) is 0 Å². The number of hydrogen-bond acceptors (Lipinski definition) is 4. The second kappa shape index (κ2) is 7.67. The van der Waals surface area contributed by atoms with Gasteiger partial charge in [0.2, 0.25) is 0 Å². The SMILES string of the molecule is CCc1cccc(-c2cn(C3CN(Cc4ccccn4)C3)nc2C(F)F)c1O. The molecule has 0 unspecified atom stereocenters. The zero-order chi connectivity index (χ0) is 19.7. The zero-order valence-electron chi connectivity index (χ0n) is 15.6. The molecule has 0 atom stereocenters. The van der Waals surface area contributed by atoms with Crippen LogP contribution in [0.25, 0.3) is 11.1 Å². The molecule has 1 aromatic carbocycles. The Morgan fingerprint density at radius 2 is 1.96 bits per heavy atom. The summed E-state index contributed by atoms with van der Waals surface area (Å²) in [6.45, 7) is 4.09. The Labute approximate surface area is 162 Å². The van der Waals surface area contributed by atoms with Crippen LogP contribution in [-0.4, -0.2) is 37.9 Å². The highest BCUT2D eigenvalue weighted by Gasteiger charge is 2.31. The van der Waals surface area contributed by atoms with Crippen LogP contribution in [0.4, 0.5) is 8.78 Å². The number of nitrogens with zero attached hydrogens (tertiary/aromatic N) is 4. The van der Waals surface area contributed by atoms with Crippen LogP contribution in [0.15, 0.2) is 48.8 Å². The van der Waals surface area contributed by atoms with Crippen molar-refractivity contribution >= 4 is 0 Å². The van der Waals surface area contributed by atoms with E-state index < -0.39 is 6.43 Å². The lowest BCUT2D eigenvalue weighted by molar-refractivity contribution is 0.0867. The van der Waals surface area contributed by atoms with Crippen molar-refractivity contribution < 1.29 is 13.9 Å². The first-order valence-electron chi connectivity index (χ1n) is 9.37. The molecule has 0 amide bonds. The molecule has 3 heterocycles. The Morgan fingerprint density at radius 3 is 2.64 bits per heavy atom. The Hall–Kier alpha value is -2.80. The Balaban J connectivity index is 1.55. The Bertz CT molecular complexity index is 952. The van der Waals surface area contributed by atoms with Crippen LogP contribution in [0.5, 0.6) is 5.75 Å². The van der Waals surface area contributed by atoms with Crippen LogP contribution in [0.3, 0.4) is 0 Å². The maximum absolute atomic E-state index is 13.6. The number of halogens is 2. The topological polar surface area (TPSA) is 54.2 Å². The normalized spacial score (nSPS) is 15.1. The van der Waals surface area contributed by atoms with Crippen molar-refractivity contribution in [3.05, 3.63) is 65.7 Å². The number of rotatable bonds is 6. The molecule has 7 heteroatoms. The molecule has 1 N–H and O–H groups in total. The Kier molecular flexibility index (Phi) is 5.09. The van der Waals surface area contributed by atoms with E-state index in [-0.39, 0.29) is 17.5 Å². The maximum Gasteiger partial charge on any atom is 0.282 e. The molecule has 0 spiro atoms. The first-order valence-corrected chi connectivity index (χ1v) is 9.37. The second-order valence-corrected chi connectivity index (χ2v) is 7.04. The number of hydrogen-bond donors (Lipinski definition) is 1. The summed E-state index contributed by atoms with van der Waals surface area (Å²) in [4.78, 5) is 6.51. The van der Waals surface area contributed by atoms with E-state index >= 15 is 0 Å². The number of alkyl halides is 2. The van der Waals surface area contributed by atoms with Crippen molar-refractivity contribution in [1.29, 1.82) is 0 Å². The molecule has 146 valence electrons. The molecule has 1 saturated heterocycles. The van der Waals surface area contributed by atoms with Crippen LogP contribution in [-0.2, 0) is 13.0 Å². The van der Waals surface area contributed by atoms with E-state index in [1.807, 2.05) is 25.1 Å². The lowest BCUT2D eigenvalue weighted by Gasteiger charge is -2.38. The van der Waals surface area contributed by atoms with Gasteiger partial charge in [-0.15, -0.1) is 0 Å². The summed E-state index contributed by atoms with van der Waals surface area (Å²) in [6, 6.07) is 11.1. The Morgan fingerprint density at radius 1 is 1.14 bits per heavy atom. The molecule has 0 radical (unpaired) electrons. The van der Waals surface area contributed by atoms with Gasteiger partial charge >= 0.3 is 0 Å². The van der Waals surface area contributed by atoms with Crippen LogP contribution in [0, 0.1) is 0 Å². The van der Waals surface area contributed by atoms with Gasteiger partial charge in [-0.3, -0.25) is 14.6 Å². The van der Waals surface area contributed by atoms with Crippen molar-refractivity contribution in [3.63, 3.8) is 0 Å². The van der Waals surface area contributed by atoms with Crippen LogP contribution < -0.4 is 0 Å². The molecule has 0 aliphatic carbocycles. The fourth-order valence-electron chi connectivity index (χ4n) is 3.62. The van der Waals surface area contributed by atoms with Crippen molar-refractivity contribution in [2.24, 2.45) is 0 Å². The first-order chi connectivity index (χ1) is 13.6. The summed E-state index contributed by atoms with van der Waals surface area (Å²) < 4.78 is 28.8. The number of para-hydroxylation sites is 1. The standard InChI is InChI=1S/C21H22F2N4O/c1-2-14-6-5-8-17(20(14)28)18-13-27(25-19(18)21(22)23)16-11-26(12-16)10-15-7-3-4-9-24-15/h3-9,13,16,21,28H,2,10-12H2,1H3. The van der Waals surface area contributed by atoms with Gasteiger partial charge in [0.1, 0.15) is 11.4 Å². The molecule has 1 aliphatic rings. The largest absolute Gasteiger partial charge is 0.507 e. The summed E-state index contributed by atoms with van der Waals surface area (Å²) in [7, 11) is 0. The average Bonchev–Trinajstić information content (AvgIpc) is 3.10. The van der Waals surface area contributed by atoms with Crippen LogP contribution >= 0.6 is 0 Å². The fraction of sp³-hybridized carbons (Fsp3) is 0.333. The third kappa shape index (κ3) is 3.49. The van der Waals surface area contributed by atoms with Gasteiger partial charge in [0, 0.05) is 43.2 Å². The lowest BCUT2D eigenvalue weighted by Crippen LogP contribution is -2.47. The molecule has 5 nitrogen and oxygen atoms in total. The number of aromatic nitrogens is 3. The molecule has 0 saturated carbocycles. The number of pyridine rings is 1. The smallest absolute Gasteiger partial charge is 0.282 e. The van der Waals surface area contributed by atoms with E-state index in [2.05, 4.69) is 15.0 Å². The van der Waals surface area contributed by atoms with Gasteiger partial charge < -0.3 is 5.11 Å². The lowest BCUT2D eigenvalue weighted by atomic mass is 10.0. The molecular formula is C21H22F2N4O. The summed E-state index contributed by atoms with van der Waals surface area (Å²) in [5.74, 6) is 0.0526. The number of aromatic hydroxyl groups is 1. The maximum atomic E-state index is 13.6. The molecule has 1 aliphatic heterocycles. The summed E-state index contributed by atoms with van der Waals surface area (Å²) in [5, 5.41) is 14.6. The second-order valence-electron chi connectivity index (χ2n) is 7.04. The van der Waals surface area contributed by atoms with E-state index in [1.165, 1.54) is 0 Å². The molecular weight excluding hydrogens is 362 g/mol. The monoisotopic (exact) mass is 384 g/mol. The summed E-state index contributed by atoms with van der Waals surface area (Å²) >= 11 is 0. The van der Waals surface area contributed by atoms with E-state index in [1.54, 1.807) is 35.3 Å². The highest BCUT2D eigenvalue weighted by Crippen LogP contribution is 2.38. The zero-order valence-corrected chi connectivity index (χ0v) is 15.6. The van der Waals surface area contributed by atoms with Gasteiger partial charge in [-0.2, -0.15) is 5.10 Å². The number of phenolic OH excluding ortho intramolecular Hbond substituents is 1. The highest BCUT2D eigenvalue weighted by atomic mass is 19.3. The van der Waals surface area contributed by atoms with E-state index in [9.17, 15) is 13.9 Å². The number of phenols is 1. The van der Waals surface area contributed by atoms with Gasteiger partial charge in [0.25, 0.3) is 6.43 Å². The third-order valence-electron chi connectivity index (χ3n) is 5.18. The van der Waals surface area contributed by atoms with Crippen LogP contribution in [0.2, 0.25) is 0 Å². The summed E-state index contributed by atoms with van der Waals surface area (Å²) in [5.41, 5.74) is 2.13. The molecule has 1 fully saturated rings. The van der Waals surface area contributed by atoms with Gasteiger partial charge in [0.05, 0.1) is 11.7 Å². The first kappa shape index (κ1) is 18.6. The van der Waals surface area contributed by atoms with Crippen molar-refractivity contribution in [1.82, 2.24) is 19.7 Å². The van der Waals surface area contributed by atoms with Crippen molar-refractivity contribution in [2.45, 2.75) is 32.4 Å².